The van der Waals surface area contributed by atoms with E-state index in [1.54, 1.807) is 6.92 Å². The van der Waals surface area contributed by atoms with Crippen LogP contribution >= 0.6 is 11.6 Å². The molecule has 0 saturated carbocycles. The van der Waals surface area contributed by atoms with E-state index in [0.29, 0.717) is 5.02 Å². The number of nitrogens with zero attached hydrogens (tertiary/aromatic N) is 1. The van der Waals surface area contributed by atoms with Crippen molar-refractivity contribution in [2.24, 2.45) is 0 Å². The third-order valence-electron chi connectivity index (χ3n) is 3.80. The summed E-state index contributed by atoms with van der Waals surface area (Å²) >= 11 is 5.76. The average molecular weight is 428 g/mol. The molecule has 11 heteroatoms. The summed E-state index contributed by atoms with van der Waals surface area (Å²) in [6.45, 7) is 1.62. The molecule has 0 aromatic heterocycles. The van der Waals surface area contributed by atoms with Crippen LogP contribution in [-0.4, -0.2) is 32.4 Å². The van der Waals surface area contributed by atoms with Crippen molar-refractivity contribution in [1.82, 2.24) is 4.72 Å². The van der Waals surface area contributed by atoms with E-state index in [4.69, 9.17) is 16.3 Å². The predicted molar refractivity (Wildman–Crippen MR) is 104 cm³/mol. The zero-order chi connectivity index (χ0) is 20.9. The van der Waals surface area contributed by atoms with Crippen molar-refractivity contribution in [3.8, 4) is 5.75 Å². The SMILES string of the molecule is CCC(NS(=O)(=O)c1ccc(Cl)cc1)C(=O)Nc1cc([N+](=O)[O-])ccc1OC. The number of nitro benzene ring substituents is 1. The lowest BCUT2D eigenvalue weighted by atomic mass is 10.2. The molecular formula is C17H18ClN3O6S. The number of anilines is 1. The monoisotopic (exact) mass is 427 g/mol. The van der Waals surface area contributed by atoms with Gasteiger partial charge in [0.1, 0.15) is 11.8 Å². The lowest BCUT2D eigenvalue weighted by molar-refractivity contribution is -0.384. The van der Waals surface area contributed by atoms with Crippen molar-refractivity contribution in [1.29, 1.82) is 0 Å². The average Bonchev–Trinajstić information content (AvgIpc) is 2.66. The lowest BCUT2D eigenvalue weighted by Gasteiger charge is -2.18. The number of hydrogen-bond donors (Lipinski definition) is 2. The van der Waals surface area contributed by atoms with Crippen LogP contribution < -0.4 is 14.8 Å². The predicted octanol–water partition coefficient (Wildman–Crippen LogP) is 2.95. The third kappa shape index (κ3) is 5.18. The van der Waals surface area contributed by atoms with Gasteiger partial charge < -0.3 is 10.1 Å². The Morgan fingerprint density at radius 3 is 2.43 bits per heavy atom. The van der Waals surface area contributed by atoms with Crippen molar-refractivity contribution in [3.63, 3.8) is 0 Å². The summed E-state index contributed by atoms with van der Waals surface area (Å²) in [4.78, 5) is 22.9. The van der Waals surface area contributed by atoms with Gasteiger partial charge in [-0.2, -0.15) is 4.72 Å². The van der Waals surface area contributed by atoms with E-state index in [1.165, 1.54) is 43.5 Å². The van der Waals surface area contributed by atoms with Crippen molar-refractivity contribution in [3.05, 3.63) is 57.6 Å². The summed E-state index contributed by atoms with van der Waals surface area (Å²) in [5.74, 6) is -0.479. The molecule has 1 amide bonds. The van der Waals surface area contributed by atoms with Gasteiger partial charge in [0, 0.05) is 17.2 Å². The Bertz CT molecular complexity index is 979. The van der Waals surface area contributed by atoms with Crippen LogP contribution in [0.2, 0.25) is 5.02 Å². The minimum absolute atomic E-state index is 0.0453. The topological polar surface area (TPSA) is 128 Å². The normalized spacial score (nSPS) is 12.2. The van der Waals surface area contributed by atoms with Crippen LogP contribution in [0.25, 0.3) is 0 Å². The molecule has 1 unspecified atom stereocenters. The standard InChI is InChI=1S/C17H18ClN3O6S/c1-3-14(20-28(25,26)13-7-4-11(18)5-8-13)17(22)19-15-10-12(21(23)24)6-9-16(15)27-2/h4-10,14,20H,3H2,1-2H3,(H,19,22). The Hall–Kier alpha value is -2.69. The van der Waals surface area contributed by atoms with Crippen molar-refractivity contribution >= 4 is 38.9 Å². The number of nitro groups is 1. The molecular weight excluding hydrogens is 410 g/mol. The Morgan fingerprint density at radius 1 is 1.25 bits per heavy atom. The number of nitrogens with one attached hydrogen (secondary N) is 2. The van der Waals surface area contributed by atoms with Gasteiger partial charge in [0.05, 0.1) is 22.6 Å². The Morgan fingerprint density at radius 2 is 1.89 bits per heavy atom. The Kier molecular flexibility index (Phi) is 6.95. The second-order valence-electron chi connectivity index (χ2n) is 5.67. The Labute approximate surface area is 166 Å². The van der Waals surface area contributed by atoms with Crippen LogP contribution in [0.1, 0.15) is 13.3 Å². The summed E-state index contributed by atoms with van der Waals surface area (Å²) in [5, 5.41) is 13.8. The molecule has 0 spiro atoms. The molecule has 0 aliphatic carbocycles. The van der Waals surface area contributed by atoms with E-state index < -0.39 is 26.9 Å². The maximum absolute atomic E-state index is 12.6. The summed E-state index contributed by atoms with van der Waals surface area (Å²) in [7, 11) is -2.63. The minimum Gasteiger partial charge on any atom is -0.495 e. The molecule has 0 aliphatic rings. The summed E-state index contributed by atoms with van der Waals surface area (Å²) in [6.07, 6.45) is 0.149. The highest BCUT2D eigenvalue weighted by Gasteiger charge is 2.25. The second kappa shape index (κ2) is 9.00. The summed E-state index contributed by atoms with van der Waals surface area (Å²) in [5.41, 5.74) is -0.184. The number of sulfonamides is 1. The molecule has 1 atom stereocenters. The number of carbonyl (C=O) groups is 1. The van der Waals surface area contributed by atoms with Gasteiger partial charge in [-0.15, -0.1) is 0 Å². The van der Waals surface area contributed by atoms with Gasteiger partial charge >= 0.3 is 0 Å². The van der Waals surface area contributed by atoms with Gasteiger partial charge in [0.25, 0.3) is 5.69 Å². The third-order valence-corrected chi connectivity index (χ3v) is 5.54. The molecule has 0 fully saturated rings. The van der Waals surface area contributed by atoms with E-state index in [2.05, 4.69) is 10.0 Å². The van der Waals surface area contributed by atoms with Crippen LogP contribution in [0.15, 0.2) is 47.4 Å². The maximum Gasteiger partial charge on any atom is 0.271 e. The van der Waals surface area contributed by atoms with E-state index >= 15 is 0 Å². The zero-order valence-corrected chi connectivity index (χ0v) is 16.6. The number of halogens is 1. The van der Waals surface area contributed by atoms with Gasteiger partial charge in [-0.1, -0.05) is 18.5 Å². The first-order valence-corrected chi connectivity index (χ1v) is 9.95. The van der Waals surface area contributed by atoms with Gasteiger partial charge in [0.15, 0.2) is 0 Å². The first-order chi connectivity index (χ1) is 13.2. The summed E-state index contributed by atoms with van der Waals surface area (Å²) in [6, 6.07) is 8.08. The van der Waals surface area contributed by atoms with E-state index in [1.807, 2.05) is 0 Å². The van der Waals surface area contributed by atoms with Gasteiger partial charge in [-0.05, 0) is 36.8 Å². The number of carbonyl (C=O) groups excluding carboxylic acids is 1. The lowest BCUT2D eigenvalue weighted by Crippen LogP contribution is -2.43. The number of ether oxygens (including phenoxy) is 1. The van der Waals surface area contributed by atoms with Crippen LogP contribution in [-0.2, 0) is 14.8 Å². The minimum atomic E-state index is -3.97. The number of rotatable bonds is 8. The van der Waals surface area contributed by atoms with E-state index in [-0.39, 0.29) is 28.4 Å². The van der Waals surface area contributed by atoms with Crippen LogP contribution in [0.3, 0.4) is 0 Å². The van der Waals surface area contributed by atoms with Gasteiger partial charge in [-0.3, -0.25) is 14.9 Å². The molecule has 0 bridgehead atoms. The highest BCUT2D eigenvalue weighted by Crippen LogP contribution is 2.29. The van der Waals surface area contributed by atoms with Gasteiger partial charge in [0.2, 0.25) is 15.9 Å². The molecule has 0 aliphatic heterocycles. The molecule has 2 aromatic carbocycles. The van der Waals surface area contributed by atoms with Crippen molar-refractivity contribution in [2.75, 3.05) is 12.4 Å². The fourth-order valence-corrected chi connectivity index (χ4v) is 3.72. The fraction of sp³-hybridized carbons (Fsp3) is 0.235. The molecule has 2 rings (SSSR count). The van der Waals surface area contributed by atoms with Crippen LogP contribution in [0, 0.1) is 10.1 Å². The molecule has 0 heterocycles. The zero-order valence-electron chi connectivity index (χ0n) is 15.0. The molecule has 150 valence electrons. The second-order valence-corrected chi connectivity index (χ2v) is 7.82. The molecule has 0 saturated heterocycles. The first kappa shape index (κ1) is 21.6. The number of hydrogen-bond acceptors (Lipinski definition) is 6. The smallest absolute Gasteiger partial charge is 0.271 e. The molecule has 2 aromatic rings. The number of methoxy groups -OCH3 is 1. The molecule has 0 radical (unpaired) electrons. The van der Waals surface area contributed by atoms with Crippen molar-refractivity contribution in [2.45, 2.75) is 24.3 Å². The highest BCUT2D eigenvalue weighted by atomic mass is 35.5. The van der Waals surface area contributed by atoms with E-state index in [9.17, 15) is 23.3 Å². The first-order valence-electron chi connectivity index (χ1n) is 8.09. The van der Waals surface area contributed by atoms with Crippen molar-refractivity contribution < 1.29 is 22.9 Å². The summed E-state index contributed by atoms with van der Waals surface area (Å²) < 4.78 is 32.4. The largest absolute Gasteiger partial charge is 0.495 e. The number of benzene rings is 2. The van der Waals surface area contributed by atoms with Crippen LogP contribution in [0.5, 0.6) is 5.75 Å². The molecule has 9 nitrogen and oxygen atoms in total. The fourth-order valence-electron chi connectivity index (χ4n) is 2.32. The number of amides is 1. The maximum atomic E-state index is 12.6. The number of non-ortho nitro benzene ring substituents is 1. The molecule has 2 N–H and O–H groups in total. The highest BCUT2D eigenvalue weighted by molar-refractivity contribution is 7.89. The van der Waals surface area contributed by atoms with E-state index in [0.717, 1.165) is 6.07 Å². The Balaban J connectivity index is 2.23. The quantitative estimate of drug-likeness (QED) is 0.492. The van der Waals surface area contributed by atoms with Gasteiger partial charge in [-0.25, -0.2) is 8.42 Å². The van der Waals surface area contributed by atoms with Crippen LogP contribution in [0.4, 0.5) is 11.4 Å². The molecule has 28 heavy (non-hydrogen) atoms.